The number of fused-ring (bicyclic) bond motifs is 1. The number of para-hydroxylation sites is 1. The Labute approximate surface area is 99.6 Å². The summed E-state index contributed by atoms with van der Waals surface area (Å²) in [6.07, 6.45) is 0. The lowest BCUT2D eigenvalue weighted by molar-refractivity contribution is 0.0957. The van der Waals surface area contributed by atoms with E-state index in [0.29, 0.717) is 11.4 Å². The number of pyridine rings is 1. The van der Waals surface area contributed by atoms with Crippen LogP contribution in [0.4, 0.5) is 0 Å². The van der Waals surface area contributed by atoms with Gasteiger partial charge in [-0.05, 0) is 19.1 Å². The molecule has 0 aliphatic heterocycles. The summed E-state index contributed by atoms with van der Waals surface area (Å²) in [5.41, 5.74) is 1.92. The van der Waals surface area contributed by atoms with Crippen molar-refractivity contribution < 1.29 is 9.53 Å². The molecule has 2 rings (SSSR count). The molecule has 0 radical (unpaired) electrons. The van der Waals surface area contributed by atoms with Crippen LogP contribution in [0, 0.1) is 6.92 Å². The van der Waals surface area contributed by atoms with E-state index in [4.69, 9.17) is 4.74 Å². The molecule has 88 valence electrons. The number of methoxy groups -OCH3 is 1. The molecular formula is C13H14N2O2. The van der Waals surface area contributed by atoms with Crippen molar-refractivity contribution >= 4 is 16.8 Å². The number of rotatable bonds is 2. The average molecular weight is 230 g/mol. The van der Waals surface area contributed by atoms with Gasteiger partial charge in [0, 0.05) is 18.0 Å². The van der Waals surface area contributed by atoms with Crippen molar-refractivity contribution in [2.45, 2.75) is 6.92 Å². The Kier molecular flexibility index (Phi) is 2.95. The number of hydrogen-bond donors (Lipinski definition) is 1. The second kappa shape index (κ2) is 4.41. The van der Waals surface area contributed by atoms with Crippen LogP contribution in [0.2, 0.25) is 0 Å². The topological polar surface area (TPSA) is 51.2 Å². The molecule has 0 spiro atoms. The van der Waals surface area contributed by atoms with Crippen molar-refractivity contribution in [1.29, 1.82) is 0 Å². The number of carbonyl (C=O) groups is 1. The van der Waals surface area contributed by atoms with Gasteiger partial charge in [0.15, 0.2) is 0 Å². The molecule has 1 amide bonds. The first-order valence-corrected chi connectivity index (χ1v) is 5.34. The van der Waals surface area contributed by atoms with E-state index >= 15 is 0 Å². The fourth-order valence-corrected chi connectivity index (χ4v) is 1.88. The summed E-state index contributed by atoms with van der Waals surface area (Å²) in [5.74, 6) is 0.501. The van der Waals surface area contributed by atoms with Crippen LogP contribution < -0.4 is 10.1 Å². The molecule has 0 aliphatic rings. The maximum absolute atomic E-state index is 11.7. The first-order valence-electron chi connectivity index (χ1n) is 5.34. The van der Waals surface area contributed by atoms with Crippen molar-refractivity contribution in [2.24, 2.45) is 0 Å². The van der Waals surface area contributed by atoms with Gasteiger partial charge in [-0.25, -0.2) is 4.98 Å². The summed E-state index contributed by atoms with van der Waals surface area (Å²) in [5, 5.41) is 3.50. The summed E-state index contributed by atoms with van der Waals surface area (Å²) in [6.45, 7) is 1.84. The highest BCUT2D eigenvalue weighted by atomic mass is 16.5. The Morgan fingerprint density at radius 3 is 2.71 bits per heavy atom. The number of hydrogen-bond acceptors (Lipinski definition) is 3. The maximum atomic E-state index is 11.7. The van der Waals surface area contributed by atoms with Crippen molar-refractivity contribution in [3.05, 3.63) is 35.5 Å². The maximum Gasteiger partial charge on any atom is 0.270 e. The number of ether oxygens (including phenoxy) is 1. The summed E-state index contributed by atoms with van der Waals surface area (Å²) in [4.78, 5) is 16.1. The zero-order valence-electron chi connectivity index (χ0n) is 10.1. The van der Waals surface area contributed by atoms with Crippen molar-refractivity contribution in [3.8, 4) is 5.75 Å². The lowest BCUT2D eigenvalue weighted by atomic mass is 10.1. The molecule has 0 saturated carbocycles. The standard InChI is InChI=1S/C13H14N2O2/c1-8-11(13(16)14-2)15-10-7-5-4-6-9(10)12(8)17-3/h4-7H,1-3H3,(H,14,16). The molecule has 1 N–H and O–H groups in total. The molecule has 4 heteroatoms. The minimum atomic E-state index is -0.202. The number of nitrogens with zero attached hydrogens (tertiary/aromatic N) is 1. The van der Waals surface area contributed by atoms with E-state index in [1.54, 1.807) is 14.2 Å². The quantitative estimate of drug-likeness (QED) is 0.857. The van der Waals surface area contributed by atoms with E-state index < -0.39 is 0 Å². The van der Waals surface area contributed by atoms with Crippen LogP contribution in [-0.4, -0.2) is 25.0 Å². The molecule has 1 aromatic carbocycles. The van der Waals surface area contributed by atoms with Crippen molar-refractivity contribution in [1.82, 2.24) is 10.3 Å². The van der Waals surface area contributed by atoms with Gasteiger partial charge in [0.2, 0.25) is 0 Å². The van der Waals surface area contributed by atoms with Gasteiger partial charge in [0.1, 0.15) is 11.4 Å². The average Bonchev–Trinajstić information content (AvgIpc) is 2.37. The smallest absolute Gasteiger partial charge is 0.270 e. The zero-order chi connectivity index (χ0) is 12.4. The third-order valence-electron chi connectivity index (χ3n) is 2.72. The van der Waals surface area contributed by atoms with Crippen LogP contribution in [0.1, 0.15) is 16.1 Å². The second-order valence-corrected chi connectivity index (χ2v) is 3.71. The van der Waals surface area contributed by atoms with Gasteiger partial charge in [-0.3, -0.25) is 4.79 Å². The normalized spacial score (nSPS) is 10.3. The largest absolute Gasteiger partial charge is 0.496 e. The third kappa shape index (κ3) is 1.82. The number of amides is 1. The van der Waals surface area contributed by atoms with E-state index in [1.807, 2.05) is 31.2 Å². The Bertz CT molecular complexity index is 579. The van der Waals surface area contributed by atoms with Gasteiger partial charge in [0.25, 0.3) is 5.91 Å². The summed E-state index contributed by atoms with van der Waals surface area (Å²) < 4.78 is 5.37. The molecule has 1 aromatic heterocycles. The van der Waals surface area contributed by atoms with E-state index in [1.165, 1.54) is 0 Å². The Balaban J connectivity index is 2.80. The highest BCUT2D eigenvalue weighted by molar-refractivity contribution is 5.98. The fraction of sp³-hybridized carbons (Fsp3) is 0.231. The van der Waals surface area contributed by atoms with Crippen LogP contribution in [0.5, 0.6) is 5.75 Å². The lowest BCUT2D eigenvalue weighted by Gasteiger charge is -2.12. The van der Waals surface area contributed by atoms with Crippen LogP contribution in [0.3, 0.4) is 0 Å². The molecule has 0 fully saturated rings. The minimum absolute atomic E-state index is 0.202. The lowest BCUT2D eigenvalue weighted by Crippen LogP contribution is -2.20. The Morgan fingerprint density at radius 1 is 1.35 bits per heavy atom. The molecule has 0 atom stereocenters. The van der Waals surface area contributed by atoms with Crippen LogP contribution in [0.25, 0.3) is 10.9 Å². The molecule has 2 aromatic rings. The highest BCUT2D eigenvalue weighted by Crippen LogP contribution is 2.29. The monoisotopic (exact) mass is 230 g/mol. The van der Waals surface area contributed by atoms with Crippen LogP contribution in [-0.2, 0) is 0 Å². The fourth-order valence-electron chi connectivity index (χ4n) is 1.88. The molecule has 17 heavy (non-hydrogen) atoms. The number of aromatic nitrogens is 1. The minimum Gasteiger partial charge on any atom is -0.496 e. The summed E-state index contributed by atoms with van der Waals surface area (Å²) >= 11 is 0. The summed E-state index contributed by atoms with van der Waals surface area (Å²) in [6, 6.07) is 7.61. The molecular weight excluding hydrogens is 216 g/mol. The SMILES string of the molecule is CNC(=O)c1nc2ccccc2c(OC)c1C. The van der Waals surface area contributed by atoms with E-state index in [0.717, 1.165) is 16.5 Å². The molecule has 4 nitrogen and oxygen atoms in total. The molecule has 1 heterocycles. The predicted molar refractivity (Wildman–Crippen MR) is 66.4 cm³/mol. The van der Waals surface area contributed by atoms with E-state index in [2.05, 4.69) is 10.3 Å². The van der Waals surface area contributed by atoms with Gasteiger partial charge in [0.05, 0.1) is 12.6 Å². The highest BCUT2D eigenvalue weighted by Gasteiger charge is 2.16. The van der Waals surface area contributed by atoms with Gasteiger partial charge in [-0.15, -0.1) is 0 Å². The second-order valence-electron chi connectivity index (χ2n) is 3.71. The van der Waals surface area contributed by atoms with Crippen molar-refractivity contribution in [3.63, 3.8) is 0 Å². The third-order valence-corrected chi connectivity index (χ3v) is 2.72. The molecule has 0 aliphatic carbocycles. The number of carbonyl (C=O) groups excluding carboxylic acids is 1. The van der Waals surface area contributed by atoms with Gasteiger partial charge >= 0.3 is 0 Å². The van der Waals surface area contributed by atoms with Gasteiger partial charge in [-0.1, -0.05) is 12.1 Å². The Morgan fingerprint density at radius 2 is 2.06 bits per heavy atom. The molecule has 0 bridgehead atoms. The van der Waals surface area contributed by atoms with Gasteiger partial charge < -0.3 is 10.1 Å². The number of benzene rings is 1. The zero-order valence-corrected chi connectivity index (χ0v) is 10.1. The van der Waals surface area contributed by atoms with E-state index in [9.17, 15) is 4.79 Å². The van der Waals surface area contributed by atoms with Crippen LogP contribution >= 0.6 is 0 Å². The van der Waals surface area contributed by atoms with E-state index in [-0.39, 0.29) is 5.91 Å². The molecule has 0 saturated heterocycles. The first kappa shape index (κ1) is 11.4. The number of nitrogens with one attached hydrogen (secondary N) is 1. The summed E-state index contributed by atoms with van der Waals surface area (Å²) in [7, 11) is 3.19. The van der Waals surface area contributed by atoms with Crippen molar-refractivity contribution in [2.75, 3.05) is 14.2 Å². The first-order chi connectivity index (χ1) is 8.19. The predicted octanol–water partition coefficient (Wildman–Crippen LogP) is 1.91. The van der Waals surface area contributed by atoms with Gasteiger partial charge in [-0.2, -0.15) is 0 Å². The molecule has 0 unspecified atom stereocenters. The van der Waals surface area contributed by atoms with Crippen LogP contribution in [0.15, 0.2) is 24.3 Å². The Hall–Kier alpha value is -2.10.